The summed E-state index contributed by atoms with van der Waals surface area (Å²) in [7, 11) is 0. The molecule has 0 aliphatic heterocycles. The van der Waals surface area contributed by atoms with Gasteiger partial charge in [0.25, 0.3) is 0 Å². The Labute approximate surface area is 111 Å². The number of ether oxygens (including phenoxy) is 2. The fraction of sp³-hybridized carbons (Fsp3) is 1.00. The number of rotatable bonds is 10. The summed E-state index contributed by atoms with van der Waals surface area (Å²) in [6, 6.07) is 0. The maximum Gasteiger partial charge on any atom is 0.0494 e. The maximum absolute atomic E-state index is 5.64. The Morgan fingerprint density at radius 3 is 1.44 bits per heavy atom. The Balaban J connectivity index is 1.95. The summed E-state index contributed by atoms with van der Waals surface area (Å²) < 4.78 is 11.3. The Morgan fingerprint density at radius 1 is 0.722 bits per heavy atom. The van der Waals surface area contributed by atoms with Gasteiger partial charge in [-0.25, -0.2) is 0 Å². The van der Waals surface area contributed by atoms with E-state index in [4.69, 9.17) is 20.9 Å². The van der Waals surface area contributed by atoms with Crippen LogP contribution in [0.4, 0.5) is 0 Å². The molecule has 4 N–H and O–H groups in total. The fourth-order valence-corrected chi connectivity index (χ4v) is 2.44. The van der Waals surface area contributed by atoms with E-state index in [1.165, 1.54) is 25.7 Å². The summed E-state index contributed by atoms with van der Waals surface area (Å²) in [5.41, 5.74) is 10.9. The minimum atomic E-state index is 0.729. The average molecular weight is 258 g/mol. The van der Waals surface area contributed by atoms with Crippen LogP contribution in [0, 0.1) is 11.8 Å². The zero-order chi connectivity index (χ0) is 13.1. The van der Waals surface area contributed by atoms with Crippen LogP contribution in [0.5, 0.6) is 0 Å². The summed E-state index contributed by atoms with van der Waals surface area (Å²) in [5.74, 6) is 1.51. The molecule has 0 aromatic heterocycles. The third-order valence-electron chi connectivity index (χ3n) is 3.66. The standard InChI is InChI=1S/C14H30N2O2/c15-7-1-9-17-11-13-3-5-14(6-4-13)12-18-10-2-8-16/h13-14H,1-12,15-16H2. The second kappa shape index (κ2) is 10.7. The number of hydrogen-bond donors (Lipinski definition) is 2. The highest BCUT2D eigenvalue weighted by atomic mass is 16.5. The van der Waals surface area contributed by atoms with Crippen molar-refractivity contribution >= 4 is 0 Å². The molecule has 0 unspecified atom stereocenters. The molecule has 1 rings (SSSR count). The Hall–Kier alpha value is -0.160. The van der Waals surface area contributed by atoms with Crippen LogP contribution >= 0.6 is 0 Å². The molecule has 108 valence electrons. The maximum atomic E-state index is 5.64. The molecule has 0 amide bonds. The van der Waals surface area contributed by atoms with Gasteiger partial charge in [-0.15, -0.1) is 0 Å². The molecule has 0 spiro atoms. The molecule has 0 bridgehead atoms. The minimum Gasteiger partial charge on any atom is -0.381 e. The van der Waals surface area contributed by atoms with Gasteiger partial charge in [-0.1, -0.05) is 0 Å². The molecule has 1 aliphatic rings. The molecular formula is C14H30N2O2. The van der Waals surface area contributed by atoms with Crippen LogP contribution in [0.25, 0.3) is 0 Å². The lowest BCUT2D eigenvalue weighted by Gasteiger charge is -2.28. The van der Waals surface area contributed by atoms with Gasteiger partial charge in [0.1, 0.15) is 0 Å². The fourth-order valence-electron chi connectivity index (χ4n) is 2.44. The number of hydrogen-bond acceptors (Lipinski definition) is 4. The molecule has 0 atom stereocenters. The second-order valence-corrected chi connectivity index (χ2v) is 5.32. The minimum absolute atomic E-state index is 0.729. The van der Waals surface area contributed by atoms with E-state index < -0.39 is 0 Å². The van der Waals surface area contributed by atoms with Crippen molar-refractivity contribution in [1.29, 1.82) is 0 Å². The molecule has 4 heteroatoms. The van der Waals surface area contributed by atoms with Gasteiger partial charge in [-0.3, -0.25) is 0 Å². The lowest BCUT2D eigenvalue weighted by atomic mass is 9.83. The van der Waals surface area contributed by atoms with Crippen LogP contribution < -0.4 is 11.5 Å². The van der Waals surface area contributed by atoms with Crippen LogP contribution in [0.3, 0.4) is 0 Å². The van der Waals surface area contributed by atoms with Gasteiger partial charge >= 0.3 is 0 Å². The Kier molecular flexibility index (Phi) is 9.48. The van der Waals surface area contributed by atoms with Crippen LogP contribution in [-0.2, 0) is 9.47 Å². The molecular weight excluding hydrogens is 228 g/mol. The molecule has 0 saturated heterocycles. The van der Waals surface area contributed by atoms with E-state index in [0.29, 0.717) is 0 Å². The second-order valence-electron chi connectivity index (χ2n) is 5.32. The largest absolute Gasteiger partial charge is 0.381 e. The predicted molar refractivity (Wildman–Crippen MR) is 74.4 cm³/mol. The molecule has 4 nitrogen and oxygen atoms in total. The molecule has 18 heavy (non-hydrogen) atoms. The molecule has 1 aliphatic carbocycles. The van der Waals surface area contributed by atoms with Gasteiger partial charge in [0.15, 0.2) is 0 Å². The first kappa shape index (κ1) is 15.9. The first-order valence-electron chi connectivity index (χ1n) is 7.42. The highest BCUT2D eigenvalue weighted by Gasteiger charge is 2.21. The zero-order valence-corrected chi connectivity index (χ0v) is 11.6. The Bertz CT molecular complexity index is 163. The van der Waals surface area contributed by atoms with Gasteiger partial charge in [0.2, 0.25) is 0 Å². The van der Waals surface area contributed by atoms with Crippen molar-refractivity contribution in [3.63, 3.8) is 0 Å². The van der Waals surface area contributed by atoms with Crippen molar-refractivity contribution in [1.82, 2.24) is 0 Å². The highest BCUT2D eigenvalue weighted by Crippen LogP contribution is 2.29. The van der Waals surface area contributed by atoms with Crippen LogP contribution in [0.1, 0.15) is 38.5 Å². The van der Waals surface area contributed by atoms with E-state index in [1.807, 2.05) is 0 Å². The van der Waals surface area contributed by atoms with E-state index in [-0.39, 0.29) is 0 Å². The monoisotopic (exact) mass is 258 g/mol. The molecule has 0 radical (unpaired) electrons. The van der Waals surface area contributed by atoms with Crippen molar-refractivity contribution in [3.8, 4) is 0 Å². The molecule has 0 aromatic carbocycles. The van der Waals surface area contributed by atoms with E-state index in [9.17, 15) is 0 Å². The van der Waals surface area contributed by atoms with Crippen LogP contribution in [0.15, 0.2) is 0 Å². The van der Waals surface area contributed by atoms with E-state index in [1.54, 1.807) is 0 Å². The first-order chi connectivity index (χ1) is 8.86. The van der Waals surface area contributed by atoms with Crippen molar-refractivity contribution in [2.75, 3.05) is 39.5 Å². The van der Waals surface area contributed by atoms with E-state index >= 15 is 0 Å². The highest BCUT2D eigenvalue weighted by molar-refractivity contribution is 4.72. The van der Waals surface area contributed by atoms with Crippen molar-refractivity contribution in [2.45, 2.75) is 38.5 Å². The lowest BCUT2D eigenvalue weighted by Crippen LogP contribution is -2.22. The smallest absolute Gasteiger partial charge is 0.0494 e. The summed E-state index contributed by atoms with van der Waals surface area (Å²) in [5, 5.41) is 0. The summed E-state index contributed by atoms with van der Waals surface area (Å²) in [6.45, 7) is 4.93. The topological polar surface area (TPSA) is 70.5 Å². The third kappa shape index (κ3) is 7.31. The summed E-state index contributed by atoms with van der Waals surface area (Å²) >= 11 is 0. The van der Waals surface area contributed by atoms with E-state index in [2.05, 4.69) is 0 Å². The molecule has 0 aromatic rings. The summed E-state index contributed by atoms with van der Waals surface area (Å²) in [4.78, 5) is 0. The van der Waals surface area contributed by atoms with Gasteiger partial charge in [0, 0.05) is 26.4 Å². The lowest BCUT2D eigenvalue weighted by molar-refractivity contribution is 0.0494. The zero-order valence-electron chi connectivity index (χ0n) is 11.6. The number of nitrogens with two attached hydrogens (primary N) is 2. The van der Waals surface area contributed by atoms with Gasteiger partial charge in [0.05, 0.1) is 0 Å². The Morgan fingerprint density at radius 2 is 1.11 bits per heavy atom. The van der Waals surface area contributed by atoms with E-state index in [0.717, 1.165) is 64.2 Å². The van der Waals surface area contributed by atoms with Crippen molar-refractivity contribution < 1.29 is 9.47 Å². The average Bonchev–Trinajstić information content (AvgIpc) is 2.41. The first-order valence-corrected chi connectivity index (χ1v) is 7.42. The van der Waals surface area contributed by atoms with Gasteiger partial charge in [-0.2, -0.15) is 0 Å². The molecule has 1 fully saturated rings. The van der Waals surface area contributed by atoms with Gasteiger partial charge < -0.3 is 20.9 Å². The van der Waals surface area contributed by atoms with Gasteiger partial charge in [-0.05, 0) is 63.5 Å². The third-order valence-corrected chi connectivity index (χ3v) is 3.66. The predicted octanol–water partition coefficient (Wildman–Crippen LogP) is 1.52. The molecule has 1 saturated carbocycles. The SMILES string of the molecule is NCCCOCC1CCC(COCCCN)CC1. The van der Waals surface area contributed by atoms with Crippen LogP contribution in [0.2, 0.25) is 0 Å². The van der Waals surface area contributed by atoms with Crippen LogP contribution in [-0.4, -0.2) is 39.5 Å². The quantitative estimate of drug-likeness (QED) is 0.583. The summed E-state index contributed by atoms with van der Waals surface area (Å²) in [6.07, 6.45) is 7.09. The molecule has 0 heterocycles. The normalized spacial score (nSPS) is 24.3. The van der Waals surface area contributed by atoms with Crippen molar-refractivity contribution in [3.05, 3.63) is 0 Å². The van der Waals surface area contributed by atoms with Crippen molar-refractivity contribution in [2.24, 2.45) is 23.3 Å².